The van der Waals surface area contributed by atoms with Crippen LogP contribution in [0.5, 0.6) is 0 Å². The Morgan fingerprint density at radius 3 is 2.37 bits per heavy atom. The molecule has 0 aliphatic carbocycles. The molecule has 0 radical (unpaired) electrons. The average molecular weight is 365 g/mol. The van der Waals surface area contributed by atoms with E-state index < -0.39 is 0 Å². The van der Waals surface area contributed by atoms with Crippen LogP contribution in [0.4, 0.5) is 0 Å². The summed E-state index contributed by atoms with van der Waals surface area (Å²) in [5.74, 6) is -0.243. The van der Waals surface area contributed by atoms with Crippen molar-refractivity contribution in [1.82, 2.24) is 10.4 Å². The van der Waals surface area contributed by atoms with Crippen LogP contribution < -0.4 is 5.43 Å². The molecule has 0 saturated heterocycles. The van der Waals surface area contributed by atoms with Crippen molar-refractivity contribution in [3.63, 3.8) is 0 Å². The van der Waals surface area contributed by atoms with Crippen LogP contribution in [0.1, 0.15) is 22.8 Å². The highest BCUT2D eigenvalue weighted by molar-refractivity contribution is 14.1. The monoisotopic (exact) mass is 365 g/mol. The number of nitrogens with zero attached hydrogens (tertiary/aromatic N) is 2. The van der Waals surface area contributed by atoms with Crippen molar-refractivity contribution in [1.29, 1.82) is 0 Å². The summed E-state index contributed by atoms with van der Waals surface area (Å²) in [5, 5.41) is 4.09. The second-order valence-electron chi connectivity index (χ2n) is 3.88. The molecule has 2 rings (SSSR count). The number of hydrogen-bond acceptors (Lipinski definition) is 3. The molecule has 96 valence electrons. The Morgan fingerprint density at radius 1 is 1.11 bits per heavy atom. The number of pyridine rings is 1. The normalized spacial score (nSPS) is 11.2. The number of carbonyl (C=O) groups is 1. The van der Waals surface area contributed by atoms with Crippen molar-refractivity contribution in [2.75, 3.05) is 0 Å². The van der Waals surface area contributed by atoms with E-state index in [0.717, 1.165) is 14.8 Å². The minimum absolute atomic E-state index is 0.243. The van der Waals surface area contributed by atoms with E-state index in [4.69, 9.17) is 0 Å². The molecule has 1 amide bonds. The first-order valence-corrected chi connectivity index (χ1v) is 6.75. The zero-order valence-electron chi connectivity index (χ0n) is 10.3. The number of nitrogens with one attached hydrogen (secondary N) is 1. The summed E-state index contributed by atoms with van der Waals surface area (Å²) in [6.07, 6.45) is 3.15. The third-order valence-corrected chi connectivity index (χ3v) is 3.25. The minimum atomic E-state index is -0.243. The summed E-state index contributed by atoms with van der Waals surface area (Å²) in [7, 11) is 0. The average Bonchev–Trinajstić information content (AvgIpc) is 2.46. The van der Waals surface area contributed by atoms with Crippen LogP contribution in [0, 0.1) is 3.57 Å². The molecule has 0 spiro atoms. The summed E-state index contributed by atoms with van der Waals surface area (Å²) in [6, 6.07) is 11.2. The maximum absolute atomic E-state index is 11.8. The van der Waals surface area contributed by atoms with E-state index in [2.05, 4.69) is 38.1 Å². The highest BCUT2D eigenvalue weighted by Crippen LogP contribution is 2.07. The molecule has 0 aliphatic heterocycles. The van der Waals surface area contributed by atoms with E-state index in [1.807, 2.05) is 31.2 Å². The topological polar surface area (TPSA) is 54.4 Å². The van der Waals surface area contributed by atoms with Gasteiger partial charge in [-0.05, 0) is 59.3 Å². The lowest BCUT2D eigenvalue weighted by Crippen LogP contribution is -2.19. The van der Waals surface area contributed by atoms with Crippen LogP contribution in [0.3, 0.4) is 0 Å². The fourth-order valence-corrected chi connectivity index (χ4v) is 1.82. The SMILES string of the molecule is C/C(=N\NC(=O)c1ccncc1)c1ccc(I)cc1. The number of rotatable bonds is 3. The van der Waals surface area contributed by atoms with E-state index in [0.29, 0.717) is 5.56 Å². The highest BCUT2D eigenvalue weighted by Gasteiger charge is 2.03. The molecule has 19 heavy (non-hydrogen) atoms. The molecule has 0 fully saturated rings. The van der Waals surface area contributed by atoms with Gasteiger partial charge in [0.15, 0.2) is 0 Å². The number of halogens is 1. The summed E-state index contributed by atoms with van der Waals surface area (Å²) < 4.78 is 1.16. The highest BCUT2D eigenvalue weighted by atomic mass is 127. The molecule has 1 aromatic carbocycles. The van der Waals surface area contributed by atoms with Crippen LogP contribution in [0.15, 0.2) is 53.9 Å². The smallest absolute Gasteiger partial charge is 0.267 e. The van der Waals surface area contributed by atoms with E-state index in [1.165, 1.54) is 0 Å². The number of hydrogen-bond donors (Lipinski definition) is 1. The van der Waals surface area contributed by atoms with Gasteiger partial charge in [-0.2, -0.15) is 5.10 Å². The van der Waals surface area contributed by atoms with E-state index >= 15 is 0 Å². The van der Waals surface area contributed by atoms with Gasteiger partial charge in [-0.3, -0.25) is 9.78 Å². The van der Waals surface area contributed by atoms with Gasteiger partial charge in [-0.15, -0.1) is 0 Å². The largest absolute Gasteiger partial charge is 0.271 e. The van der Waals surface area contributed by atoms with E-state index in [-0.39, 0.29) is 5.91 Å². The Morgan fingerprint density at radius 2 is 1.74 bits per heavy atom. The third kappa shape index (κ3) is 3.85. The van der Waals surface area contributed by atoms with Gasteiger partial charge < -0.3 is 0 Å². The van der Waals surface area contributed by atoms with Gasteiger partial charge in [-0.1, -0.05) is 12.1 Å². The van der Waals surface area contributed by atoms with Crippen molar-refractivity contribution >= 4 is 34.2 Å². The Hall–Kier alpha value is -1.76. The van der Waals surface area contributed by atoms with Gasteiger partial charge in [0.2, 0.25) is 0 Å². The molecule has 0 atom stereocenters. The Balaban J connectivity index is 2.06. The van der Waals surface area contributed by atoms with E-state index in [1.54, 1.807) is 24.5 Å². The minimum Gasteiger partial charge on any atom is -0.267 e. The molecule has 4 nitrogen and oxygen atoms in total. The van der Waals surface area contributed by atoms with Crippen molar-refractivity contribution in [3.05, 3.63) is 63.5 Å². The lowest BCUT2D eigenvalue weighted by molar-refractivity contribution is 0.0954. The summed E-state index contributed by atoms with van der Waals surface area (Å²) >= 11 is 2.24. The lowest BCUT2D eigenvalue weighted by atomic mass is 10.1. The summed E-state index contributed by atoms with van der Waals surface area (Å²) in [6.45, 7) is 1.86. The van der Waals surface area contributed by atoms with Gasteiger partial charge in [0.05, 0.1) is 5.71 Å². The van der Waals surface area contributed by atoms with Gasteiger partial charge in [0.25, 0.3) is 5.91 Å². The maximum Gasteiger partial charge on any atom is 0.271 e. The number of hydrazone groups is 1. The van der Waals surface area contributed by atoms with Crippen LogP contribution in [-0.2, 0) is 0 Å². The zero-order valence-corrected chi connectivity index (χ0v) is 12.5. The molecule has 2 aromatic rings. The van der Waals surface area contributed by atoms with Crippen molar-refractivity contribution in [2.45, 2.75) is 6.92 Å². The molecule has 0 unspecified atom stereocenters. The first kappa shape index (κ1) is 13.7. The number of amides is 1. The second kappa shape index (κ2) is 6.42. The molecule has 5 heteroatoms. The van der Waals surface area contributed by atoms with Crippen LogP contribution in [-0.4, -0.2) is 16.6 Å². The molecule has 0 bridgehead atoms. The second-order valence-corrected chi connectivity index (χ2v) is 5.13. The fourth-order valence-electron chi connectivity index (χ4n) is 1.46. The molecule has 1 N–H and O–H groups in total. The number of benzene rings is 1. The summed E-state index contributed by atoms with van der Waals surface area (Å²) in [5.41, 5.74) is 4.81. The van der Waals surface area contributed by atoms with Crippen LogP contribution >= 0.6 is 22.6 Å². The first-order chi connectivity index (χ1) is 9.16. The molecular formula is C14H12IN3O. The maximum atomic E-state index is 11.8. The van der Waals surface area contributed by atoms with Crippen LogP contribution in [0.2, 0.25) is 0 Å². The van der Waals surface area contributed by atoms with Crippen molar-refractivity contribution < 1.29 is 4.79 Å². The molecule has 0 saturated carbocycles. The van der Waals surface area contributed by atoms with Crippen molar-refractivity contribution in [2.24, 2.45) is 5.10 Å². The van der Waals surface area contributed by atoms with E-state index in [9.17, 15) is 4.79 Å². The lowest BCUT2D eigenvalue weighted by Gasteiger charge is -2.03. The number of carbonyl (C=O) groups excluding carboxylic acids is 1. The standard InChI is InChI=1S/C14H12IN3O/c1-10(11-2-4-13(15)5-3-11)17-18-14(19)12-6-8-16-9-7-12/h2-9H,1H3,(H,18,19)/b17-10+. The van der Waals surface area contributed by atoms with Gasteiger partial charge in [0.1, 0.15) is 0 Å². The Kier molecular flexibility index (Phi) is 4.62. The first-order valence-electron chi connectivity index (χ1n) is 5.67. The number of aromatic nitrogens is 1. The zero-order chi connectivity index (χ0) is 13.7. The summed E-state index contributed by atoms with van der Waals surface area (Å²) in [4.78, 5) is 15.6. The quantitative estimate of drug-likeness (QED) is 0.517. The fraction of sp³-hybridized carbons (Fsp3) is 0.0714. The predicted octanol–water partition coefficient (Wildman–Crippen LogP) is 2.84. The van der Waals surface area contributed by atoms with Gasteiger partial charge in [-0.25, -0.2) is 5.43 Å². The molecule has 1 aromatic heterocycles. The third-order valence-electron chi connectivity index (χ3n) is 2.53. The Labute approximate surface area is 125 Å². The Bertz CT molecular complexity index is 594. The molecule has 0 aliphatic rings. The van der Waals surface area contributed by atoms with Gasteiger partial charge >= 0.3 is 0 Å². The molecule has 1 heterocycles. The van der Waals surface area contributed by atoms with Crippen LogP contribution in [0.25, 0.3) is 0 Å². The van der Waals surface area contributed by atoms with Gasteiger partial charge in [0, 0.05) is 21.5 Å². The molecular weight excluding hydrogens is 353 g/mol. The van der Waals surface area contributed by atoms with Crippen molar-refractivity contribution in [3.8, 4) is 0 Å². The predicted molar refractivity (Wildman–Crippen MR) is 83.1 cm³/mol.